The number of hydrogen-bond acceptors (Lipinski definition) is 4. The average molecular weight is 437 g/mol. The molecule has 1 aliphatic rings. The number of aromatic nitrogens is 1. The number of carbonyl (C=O) groups is 1. The predicted molar refractivity (Wildman–Crippen MR) is 134 cm³/mol. The molecular weight excluding hydrogens is 408 g/mol. The topological polar surface area (TPSA) is 57.3 Å². The van der Waals surface area contributed by atoms with E-state index in [1.54, 1.807) is 0 Å². The minimum atomic E-state index is -0.0492. The molecule has 0 fully saturated rings. The van der Waals surface area contributed by atoms with E-state index in [1.807, 2.05) is 55.5 Å². The van der Waals surface area contributed by atoms with Crippen LogP contribution in [0.4, 0.5) is 11.4 Å². The largest absolute Gasteiger partial charge is 0.355 e. The molecule has 1 aliphatic heterocycles. The fourth-order valence-electron chi connectivity index (χ4n) is 4.48. The summed E-state index contributed by atoms with van der Waals surface area (Å²) in [6, 6.07) is 26.4. The third-order valence-electron chi connectivity index (χ3n) is 6.17. The number of nitrogens with one attached hydrogen (secondary N) is 2. The fourth-order valence-corrected chi connectivity index (χ4v) is 4.48. The Labute approximate surface area is 194 Å². The lowest BCUT2D eigenvalue weighted by Gasteiger charge is -2.28. The summed E-state index contributed by atoms with van der Waals surface area (Å²) in [4.78, 5) is 19.8. The molecule has 4 aromatic rings. The molecule has 2 heterocycles. The van der Waals surface area contributed by atoms with Crippen LogP contribution < -0.4 is 10.6 Å². The number of para-hydroxylation sites is 1. The SMILES string of the molecule is Cc1cc(Nc2cccc(C(=O)NCCN3CCc4ccccc4C3)c2)c2ccccc2n1. The van der Waals surface area contributed by atoms with Crippen LogP contribution in [0, 0.1) is 6.92 Å². The maximum absolute atomic E-state index is 12.8. The zero-order valence-corrected chi connectivity index (χ0v) is 18.8. The van der Waals surface area contributed by atoms with Gasteiger partial charge < -0.3 is 10.6 Å². The number of nitrogens with zero attached hydrogens (tertiary/aromatic N) is 2. The van der Waals surface area contributed by atoms with Crippen molar-refractivity contribution in [3.05, 3.63) is 101 Å². The Morgan fingerprint density at radius 3 is 2.70 bits per heavy atom. The Morgan fingerprint density at radius 1 is 0.970 bits per heavy atom. The molecule has 0 unspecified atom stereocenters. The Hall–Kier alpha value is -3.70. The first-order chi connectivity index (χ1) is 16.2. The number of pyridine rings is 1. The molecule has 0 saturated carbocycles. The summed E-state index contributed by atoms with van der Waals surface area (Å²) in [6.45, 7) is 5.45. The number of aryl methyl sites for hydroxylation is 1. The van der Waals surface area contributed by atoms with Gasteiger partial charge in [-0.15, -0.1) is 0 Å². The van der Waals surface area contributed by atoms with Gasteiger partial charge in [0.1, 0.15) is 0 Å². The molecule has 166 valence electrons. The fraction of sp³-hybridized carbons (Fsp3) is 0.214. The monoisotopic (exact) mass is 436 g/mol. The molecule has 0 saturated heterocycles. The van der Waals surface area contributed by atoms with Gasteiger partial charge in [0.15, 0.2) is 0 Å². The van der Waals surface area contributed by atoms with E-state index in [0.29, 0.717) is 12.1 Å². The van der Waals surface area contributed by atoms with Crippen LogP contribution in [-0.4, -0.2) is 35.4 Å². The van der Waals surface area contributed by atoms with E-state index >= 15 is 0 Å². The maximum Gasteiger partial charge on any atom is 0.251 e. The first-order valence-corrected chi connectivity index (χ1v) is 11.5. The zero-order chi connectivity index (χ0) is 22.6. The van der Waals surface area contributed by atoms with Gasteiger partial charge in [-0.05, 0) is 54.8 Å². The molecule has 5 rings (SSSR count). The van der Waals surface area contributed by atoms with Gasteiger partial charge in [-0.3, -0.25) is 14.7 Å². The number of benzene rings is 3. The summed E-state index contributed by atoms with van der Waals surface area (Å²) in [7, 11) is 0. The van der Waals surface area contributed by atoms with E-state index in [2.05, 4.69) is 50.8 Å². The van der Waals surface area contributed by atoms with Gasteiger partial charge in [0.2, 0.25) is 0 Å². The van der Waals surface area contributed by atoms with E-state index in [0.717, 1.165) is 54.0 Å². The van der Waals surface area contributed by atoms with Crippen LogP contribution in [0.1, 0.15) is 27.2 Å². The standard InChI is InChI=1S/C28H28N4O/c1-20-17-27(25-11-4-5-12-26(25)30-20)31-24-10-6-9-22(18-24)28(33)29-14-16-32-15-13-21-7-2-3-8-23(21)19-32/h2-12,17-18H,13-16,19H2,1H3,(H,29,33)(H,30,31). The Balaban J connectivity index is 1.21. The van der Waals surface area contributed by atoms with E-state index in [4.69, 9.17) is 0 Å². The van der Waals surface area contributed by atoms with Gasteiger partial charge in [-0.25, -0.2) is 0 Å². The highest BCUT2D eigenvalue weighted by molar-refractivity contribution is 5.96. The van der Waals surface area contributed by atoms with Crippen molar-refractivity contribution in [3.63, 3.8) is 0 Å². The minimum absolute atomic E-state index is 0.0492. The summed E-state index contributed by atoms with van der Waals surface area (Å²) in [5.41, 5.74) is 7.26. The van der Waals surface area contributed by atoms with Crippen molar-refractivity contribution >= 4 is 28.2 Å². The number of rotatable bonds is 6. The average Bonchev–Trinajstić information content (AvgIpc) is 2.84. The van der Waals surface area contributed by atoms with Gasteiger partial charge in [0.25, 0.3) is 5.91 Å². The van der Waals surface area contributed by atoms with Crippen molar-refractivity contribution in [1.29, 1.82) is 0 Å². The van der Waals surface area contributed by atoms with E-state index in [1.165, 1.54) is 11.1 Å². The van der Waals surface area contributed by atoms with Crippen molar-refractivity contribution in [1.82, 2.24) is 15.2 Å². The number of carbonyl (C=O) groups excluding carboxylic acids is 1. The summed E-state index contributed by atoms with van der Waals surface area (Å²) in [5.74, 6) is -0.0492. The quantitative estimate of drug-likeness (QED) is 0.443. The Kier molecular flexibility index (Phi) is 6.05. The lowest BCUT2D eigenvalue weighted by atomic mass is 10.00. The van der Waals surface area contributed by atoms with E-state index in [-0.39, 0.29) is 5.91 Å². The van der Waals surface area contributed by atoms with Gasteiger partial charge in [0, 0.05) is 54.2 Å². The van der Waals surface area contributed by atoms with Crippen LogP contribution in [0.15, 0.2) is 78.9 Å². The van der Waals surface area contributed by atoms with Crippen LogP contribution in [0.3, 0.4) is 0 Å². The summed E-state index contributed by atoms with van der Waals surface area (Å²) < 4.78 is 0. The van der Waals surface area contributed by atoms with E-state index < -0.39 is 0 Å². The Morgan fingerprint density at radius 2 is 1.79 bits per heavy atom. The second-order valence-corrected chi connectivity index (χ2v) is 8.58. The van der Waals surface area contributed by atoms with Gasteiger partial charge in [-0.2, -0.15) is 0 Å². The Bertz CT molecular complexity index is 1300. The molecule has 0 bridgehead atoms. The first-order valence-electron chi connectivity index (χ1n) is 11.5. The predicted octanol–water partition coefficient (Wildman–Crippen LogP) is 5.07. The third kappa shape index (κ3) is 4.89. The number of amides is 1. The number of hydrogen-bond donors (Lipinski definition) is 2. The molecule has 0 aliphatic carbocycles. The molecule has 0 atom stereocenters. The van der Waals surface area contributed by atoms with Crippen molar-refractivity contribution < 1.29 is 4.79 Å². The number of anilines is 2. The second-order valence-electron chi connectivity index (χ2n) is 8.58. The molecule has 5 nitrogen and oxygen atoms in total. The lowest BCUT2D eigenvalue weighted by molar-refractivity contribution is 0.0947. The van der Waals surface area contributed by atoms with Crippen LogP contribution in [0.5, 0.6) is 0 Å². The number of fused-ring (bicyclic) bond motifs is 2. The van der Waals surface area contributed by atoms with Gasteiger partial charge in [-0.1, -0.05) is 48.5 Å². The normalized spacial score (nSPS) is 13.5. The molecule has 1 amide bonds. The van der Waals surface area contributed by atoms with E-state index in [9.17, 15) is 4.79 Å². The van der Waals surface area contributed by atoms with Crippen molar-refractivity contribution in [3.8, 4) is 0 Å². The molecule has 5 heteroatoms. The summed E-state index contributed by atoms with van der Waals surface area (Å²) in [5, 5.41) is 7.61. The van der Waals surface area contributed by atoms with Crippen LogP contribution in [0.2, 0.25) is 0 Å². The van der Waals surface area contributed by atoms with Crippen LogP contribution in [-0.2, 0) is 13.0 Å². The van der Waals surface area contributed by atoms with Crippen molar-refractivity contribution in [2.75, 3.05) is 25.0 Å². The van der Waals surface area contributed by atoms with Gasteiger partial charge in [0.05, 0.1) is 5.52 Å². The highest BCUT2D eigenvalue weighted by Crippen LogP contribution is 2.26. The molecule has 3 aromatic carbocycles. The highest BCUT2D eigenvalue weighted by atomic mass is 16.1. The third-order valence-corrected chi connectivity index (χ3v) is 6.17. The van der Waals surface area contributed by atoms with Gasteiger partial charge >= 0.3 is 0 Å². The second kappa shape index (κ2) is 9.43. The van der Waals surface area contributed by atoms with Crippen molar-refractivity contribution in [2.45, 2.75) is 19.9 Å². The molecule has 2 N–H and O–H groups in total. The smallest absolute Gasteiger partial charge is 0.251 e. The molecular formula is C28H28N4O. The summed E-state index contributed by atoms with van der Waals surface area (Å²) >= 11 is 0. The molecule has 0 spiro atoms. The van der Waals surface area contributed by atoms with Crippen LogP contribution >= 0.6 is 0 Å². The summed E-state index contributed by atoms with van der Waals surface area (Å²) in [6.07, 6.45) is 1.07. The van der Waals surface area contributed by atoms with Crippen molar-refractivity contribution in [2.24, 2.45) is 0 Å². The molecule has 33 heavy (non-hydrogen) atoms. The highest BCUT2D eigenvalue weighted by Gasteiger charge is 2.15. The lowest BCUT2D eigenvalue weighted by Crippen LogP contribution is -2.37. The first kappa shape index (κ1) is 21.2. The minimum Gasteiger partial charge on any atom is -0.355 e. The molecule has 1 aromatic heterocycles. The molecule has 0 radical (unpaired) electrons. The maximum atomic E-state index is 12.8. The van der Waals surface area contributed by atoms with Crippen LogP contribution in [0.25, 0.3) is 10.9 Å². The zero-order valence-electron chi connectivity index (χ0n) is 18.8.